The van der Waals surface area contributed by atoms with Crippen molar-refractivity contribution in [1.29, 1.82) is 0 Å². The van der Waals surface area contributed by atoms with Crippen LogP contribution in [-0.2, 0) is 42.6 Å². The summed E-state index contributed by atoms with van der Waals surface area (Å²) in [5, 5.41) is 17.4. The highest BCUT2D eigenvalue weighted by molar-refractivity contribution is 7.99. The summed E-state index contributed by atoms with van der Waals surface area (Å²) in [4.78, 5) is 12.8. The Morgan fingerprint density at radius 1 is 0.976 bits per heavy atom. The van der Waals surface area contributed by atoms with Gasteiger partial charge in [0.05, 0.1) is 13.0 Å². The van der Waals surface area contributed by atoms with E-state index in [4.69, 9.17) is 9.47 Å². The lowest BCUT2D eigenvalue weighted by Crippen LogP contribution is -2.07. The van der Waals surface area contributed by atoms with Gasteiger partial charge in [-0.05, 0) is 76.5 Å². The highest BCUT2D eigenvalue weighted by Crippen LogP contribution is 2.32. The molecule has 0 aliphatic rings. The van der Waals surface area contributed by atoms with Crippen LogP contribution in [-0.4, -0.2) is 27.3 Å². The number of hydrogen-bond donors (Lipinski definition) is 1. The van der Waals surface area contributed by atoms with E-state index >= 15 is 0 Å². The molecule has 1 N–H and O–H groups in total. The van der Waals surface area contributed by atoms with Crippen molar-refractivity contribution < 1.29 is 14.3 Å². The largest absolute Gasteiger partial charge is 0.489 e. The second kappa shape index (κ2) is 14.0. The molecule has 0 bridgehead atoms. The van der Waals surface area contributed by atoms with E-state index in [0.717, 1.165) is 50.4 Å². The Morgan fingerprint density at radius 2 is 1.80 bits per heavy atom. The molecule has 0 saturated heterocycles. The summed E-state index contributed by atoms with van der Waals surface area (Å²) in [7, 11) is 2.01. The zero-order chi connectivity index (χ0) is 28.4. The zero-order valence-corrected chi connectivity index (χ0v) is 24.7. The SMILES string of the molecule is CCOC(=O)Cc1ccc(NCc2ccc(Sc3nnc(Cc4ccsc4)n3C)cc2OCc2ccccc2)cc1. The molecule has 3 aromatic carbocycles. The van der Waals surface area contributed by atoms with E-state index in [-0.39, 0.29) is 12.4 Å². The first kappa shape index (κ1) is 28.4. The van der Waals surface area contributed by atoms with Gasteiger partial charge in [0, 0.05) is 36.2 Å². The van der Waals surface area contributed by atoms with Crippen molar-refractivity contribution in [2.75, 3.05) is 11.9 Å². The fraction of sp³-hybridized carbons (Fsp3) is 0.219. The van der Waals surface area contributed by atoms with Gasteiger partial charge in [-0.25, -0.2) is 0 Å². The second-order valence-electron chi connectivity index (χ2n) is 9.44. The fourth-order valence-corrected chi connectivity index (χ4v) is 5.71. The van der Waals surface area contributed by atoms with Crippen molar-refractivity contribution in [2.24, 2.45) is 7.05 Å². The quantitative estimate of drug-likeness (QED) is 0.151. The van der Waals surface area contributed by atoms with Crippen LogP contribution in [0.25, 0.3) is 0 Å². The molecule has 0 spiro atoms. The smallest absolute Gasteiger partial charge is 0.310 e. The molecule has 0 aliphatic carbocycles. The highest BCUT2D eigenvalue weighted by atomic mass is 32.2. The van der Waals surface area contributed by atoms with Gasteiger partial charge >= 0.3 is 5.97 Å². The number of aromatic nitrogens is 3. The first-order chi connectivity index (χ1) is 20.1. The Hall–Kier alpha value is -4.08. The zero-order valence-electron chi connectivity index (χ0n) is 23.1. The summed E-state index contributed by atoms with van der Waals surface area (Å²) in [6.07, 6.45) is 1.03. The average molecular weight is 585 g/mol. The van der Waals surface area contributed by atoms with Crippen molar-refractivity contribution in [3.63, 3.8) is 0 Å². The third-order valence-electron chi connectivity index (χ3n) is 6.44. The van der Waals surface area contributed by atoms with Crippen molar-refractivity contribution in [2.45, 2.75) is 43.0 Å². The molecular weight excluding hydrogens is 553 g/mol. The van der Waals surface area contributed by atoms with E-state index in [2.05, 4.69) is 62.7 Å². The van der Waals surface area contributed by atoms with Crippen LogP contribution in [0.15, 0.2) is 99.7 Å². The van der Waals surface area contributed by atoms with Crippen LogP contribution >= 0.6 is 23.1 Å². The van der Waals surface area contributed by atoms with Crippen LogP contribution in [0, 0.1) is 0 Å². The number of nitrogens with zero attached hydrogens (tertiary/aromatic N) is 3. The molecule has 9 heteroatoms. The number of carbonyl (C=O) groups excluding carboxylic acids is 1. The van der Waals surface area contributed by atoms with E-state index in [1.165, 1.54) is 5.56 Å². The van der Waals surface area contributed by atoms with E-state index < -0.39 is 0 Å². The first-order valence-corrected chi connectivity index (χ1v) is 15.2. The van der Waals surface area contributed by atoms with E-state index in [1.54, 1.807) is 23.1 Å². The Morgan fingerprint density at radius 3 is 2.56 bits per heavy atom. The number of rotatable bonds is 13. The molecule has 0 unspecified atom stereocenters. The number of ether oxygens (including phenoxy) is 2. The summed E-state index contributed by atoms with van der Waals surface area (Å²) in [6, 6.07) is 26.4. The molecule has 41 heavy (non-hydrogen) atoms. The van der Waals surface area contributed by atoms with Crippen molar-refractivity contribution in [3.8, 4) is 5.75 Å². The lowest BCUT2D eigenvalue weighted by Gasteiger charge is -2.15. The van der Waals surface area contributed by atoms with Gasteiger partial charge in [-0.3, -0.25) is 4.79 Å². The van der Waals surface area contributed by atoms with Gasteiger partial charge in [0.25, 0.3) is 0 Å². The minimum atomic E-state index is -0.216. The maximum absolute atomic E-state index is 11.8. The van der Waals surface area contributed by atoms with Crippen molar-refractivity contribution >= 4 is 34.8 Å². The molecule has 5 rings (SSSR count). The summed E-state index contributed by atoms with van der Waals surface area (Å²) in [6.45, 7) is 3.26. The standard InChI is InChI=1S/C32H32N4O3S2/c1-3-38-31(37)18-23-9-12-27(13-10-23)33-20-26-11-14-28(19-29(26)39-21-24-7-5-4-6-8-24)41-32-35-34-30(36(32)2)17-25-15-16-40-22-25/h4-16,19,22,33H,3,17-18,20-21H2,1-2H3. The molecule has 0 radical (unpaired) electrons. The summed E-state index contributed by atoms with van der Waals surface area (Å²) < 4.78 is 13.4. The Kier molecular flexibility index (Phi) is 9.72. The van der Waals surface area contributed by atoms with Crippen LogP contribution in [0.1, 0.15) is 35.0 Å². The summed E-state index contributed by atoms with van der Waals surface area (Å²) >= 11 is 3.26. The van der Waals surface area contributed by atoms with Gasteiger partial charge in [0.2, 0.25) is 0 Å². The molecule has 2 aromatic heterocycles. The topological polar surface area (TPSA) is 78.3 Å². The average Bonchev–Trinajstić information content (AvgIpc) is 3.63. The molecule has 7 nitrogen and oxygen atoms in total. The van der Waals surface area contributed by atoms with Gasteiger partial charge in [-0.15, -0.1) is 10.2 Å². The number of nitrogens with one attached hydrogen (secondary N) is 1. The lowest BCUT2D eigenvalue weighted by molar-refractivity contribution is -0.142. The molecule has 0 fully saturated rings. The normalized spacial score (nSPS) is 10.9. The summed E-state index contributed by atoms with van der Waals surface area (Å²) in [5.41, 5.74) is 5.26. The molecule has 0 saturated carbocycles. The maximum Gasteiger partial charge on any atom is 0.310 e. The molecule has 5 aromatic rings. The number of hydrogen-bond acceptors (Lipinski definition) is 8. The number of carbonyl (C=O) groups is 1. The van der Waals surface area contributed by atoms with Gasteiger partial charge in [0.15, 0.2) is 5.16 Å². The Balaban J connectivity index is 1.29. The molecule has 0 atom stereocenters. The number of benzene rings is 3. The monoisotopic (exact) mass is 584 g/mol. The Bertz CT molecular complexity index is 1550. The van der Waals surface area contributed by atoms with Gasteiger partial charge < -0.3 is 19.4 Å². The van der Waals surface area contributed by atoms with Crippen molar-refractivity contribution in [1.82, 2.24) is 14.8 Å². The van der Waals surface area contributed by atoms with Crippen LogP contribution in [0.3, 0.4) is 0 Å². The molecule has 0 amide bonds. The molecule has 210 valence electrons. The van der Waals surface area contributed by atoms with E-state index in [9.17, 15) is 4.79 Å². The molecule has 2 heterocycles. The van der Waals surface area contributed by atoms with E-state index in [0.29, 0.717) is 19.8 Å². The third kappa shape index (κ3) is 7.99. The predicted octanol–water partition coefficient (Wildman–Crippen LogP) is 6.92. The number of thiophene rings is 1. The van der Waals surface area contributed by atoms with Gasteiger partial charge in [0.1, 0.15) is 18.2 Å². The fourth-order valence-electron chi connectivity index (χ4n) is 4.20. The minimum absolute atomic E-state index is 0.216. The van der Waals surface area contributed by atoms with Gasteiger partial charge in [-0.1, -0.05) is 48.5 Å². The Labute approximate surface area is 248 Å². The van der Waals surface area contributed by atoms with Crippen LogP contribution in [0.2, 0.25) is 0 Å². The highest BCUT2D eigenvalue weighted by Gasteiger charge is 2.14. The van der Waals surface area contributed by atoms with Gasteiger partial charge in [-0.2, -0.15) is 11.3 Å². The van der Waals surface area contributed by atoms with E-state index in [1.807, 2.05) is 61.0 Å². The minimum Gasteiger partial charge on any atom is -0.489 e. The van der Waals surface area contributed by atoms with Crippen LogP contribution in [0.4, 0.5) is 5.69 Å². The maximum atomic E-state index is 11.8. The van der Waals surface area contributed by atoms with Crippen molar-refractivity contribution in [3.05, 3.63) is 118 Å². The molecular formula is C32H32N4O3S2. The van der Waals surface area contributed by atoms with Crippen LogP contribution in [0.5, 0.6) is 5.75 Å². The van der Waals surface area contributed by atoms with Crippen LogP contribution < -0.4 is 10.1 Å². The lowest BCUT2D eigenvalue weighted by atomic mass is 10.1. The third-order valence-corrected chi connectivity index (χ3v) is 8.20. The predicted molar refractivity (Wildman–Crippen MR) is 164 cm³/mol. The second-order valence-corrected chi connectivity index (χ2v) is 11.3. The summed E-state index contributed by atoms with van der Waals surface area (Å²) in [5.74, 6) is 1.53. The molecule has 0 aliphatic heterocycles. The first-order valence-electron chi connectivity index (χ1n) is 13.4. The number of anilines is 1. The number of esters is 1.